The molecule has 0 bridgehead atoms. The number of hydrogen-bond donors (Lipinski definition) is 2. The Kier molecular flexibility index (Phi) is 3.50. The van der Waals surface area contributed by atoms with Gasteiger partial charge in [-0.2, -0.15) is 0 Å². The maximum Gasteiger partial charge on any atom is 0.321 e. The first kappa shape index (κ1) is 13.1. The molecule has 100 valence electrons. The molecule has 0 saturated heterocycles. The van der Waals surface area contributed by atoms with Crippen LogP contribution in [-0.2, 0) is 0 Å². The number of benzene rings is 1. The molecular weight excluding hydrogens is 246 g/mol. The molecule has 4 amide bonds. The van der Waals surface area contributed by atoms with Gasteiger partial charge in [0.05, 0.1) is 11.1 Å². The lowest BCUT2D eigenvalue weighted by atomic mass is 10.1. The molecule has 0 spiro atoms. The van der Waals surface area contributed by atoms with E-state index in [-0.39, 0.29) is 6.03 Å². The van der Waals surface area contributed by atoms with Crippen molar-refractivity contribution in [3.8, 4) is 0 Å². The first-order chi connectivity index (χ1) is 9.06. The van der Waals surface area contributed by atoms with Crippen LogP contribution >= 0.6 is 0 Å². The second-order valence-corrected chi connectivity index (χ2v) is 4.15. The average Bonchev–Trinajstić information content (AvgIpc) is 2.66. The Morgan fingerprint density at radius 1 is 1.16 bits per heavy atom. The number of anilines is 1. The van der Waals surface area contributed by atoms with Gasteiger partial charge in [-0.1, -0.05) is 0 Å². The standard InChI is InChI=1S/C13H15N3O3/c1-3-16(4-2)13(19)14-8-5-6-9-10(7-8)12(18)15-11(9)17/h5-7H,3-4H2,1-2H3,(H,14,19)(H,15,17,18). The molecule has 0 atom stereocenters. The van der Waals surface area contributed by atoms with Gasteiger partial charge in [-0.25, -0.2) is 4.79 Å². The third-order valence-corrected chi connectivity index (χ3v) is 3.04. The van der Waals surface area contributed by atoms with E-state index in [0.717, 1.165) is 0 Å². The fourth-order valence-corrected chi connectivity index (χ4v) is 1.96. The first-order valence-corrected chi connectivity index (χ1v) is 6.12. The summed E-state index contributed by atoms with van der Waals surface area (Å²) >= 11 is 0. The van der Waals surface area contributed by atoms with E-state index in [4.69, 9.17) is 0 Å². The number of nitrogens with zero attached hydrogens (tertiary/aromatic N) is 1. The highest BCUT2D eigenvalue weighted by molar-refractivity contribution is 6.21. The SMILES string of the molecule is CCN(CC)C(=O)Nc1ccc2c(c1)C(=O)NC2=O. The maximum atomic E-state index is 11.9. The molecule has 0 aromatic heterocycles. The third-order valence-electron chi connectivity index (χ3n) is 3.04. The van der Waals surface area contributed by atoms with Crippen molar-refractivity contribution in [3.63, 3.8) is 0 Å². The zero-order valence-electron chi connectivity index (χ0n) is 10.8. The van der Waals surface area contributed by atoms with Crippen molar-refractivity contribution in [1.29, 1.82) is 0 Å². The Morgan fingerprint density at radius 3 is 2.42 bits per heavy atom. The summed E-state index contributed by atoms with van der Waals surface area (Å²) in [6, 6.07) is 4.43. The van der Waals surface area contributed by atoms with E-state index in [1.165, 1.54) is 12.1 Å². The van der Waals surface area contributed by atoms with Crippen LogP contribution < -0.4 is 10.6 Å². The predicted octanol–water partition coefficient (Wildman–Crippen LogP) is 1.44. The molecule has 1 heterocycles. The van der Waals surface area contributed by atoms with Crippen LogP contribution in [0.25, 0.3) is 0 Å². The van der Waals surface area contributed by atoms with Gasteiger partial charge in [0.25, 0.3) is 11.8 Å². The molecule has 2 rings (SSSR count). The molecule has 1 aliphatic heterocycles. The summed E-state index contributed by atoms with van der Waals surface area (Å²) in [7, 11) is 0. The van der Waals surface area contributed by atoms with Gasteiger partial charge < -0.3 is 10.2 Å². The number of rotatable bonds is 3. The highest BCUT2D eigenvalue weighted by atomic mass is 16.2. The van der Waals surface area contributed by atoms with E-state index < -0.39 is 11.8 Å². The Labute approximate surface area is 110 Å². The summed E-state index contributed by atoms with van der Waals surface area (Å²) in [5, 5.41) is 4.91. The van der Waals surface area contributed by atoms with Crippen molar-refractivity contribution in [1.82, 2.24) is 10.2 Å². The Hall–Kier alpha value is -2.37. The number of carbonyl (C=O) groups excluding carboxylic acids is 3. The third kappa shape index (κ3) is 2.42. The zero-order chi connectivity index (χ0) is 14.0. The topological polar surface area (TPSA) is 78.5 Å². The monoisotopic (exact) mass is 261 g/mol. The summed E-state index contributed by atoms with van der Waals surface area (Å²) in [6.07, 6.45) is 0. The van der Waals surface area contributed by atoms with E-state index in [1.807, 2.05) is 13.8 Å². The molecule has 1 aromatic carbocycles. The number of fused-ring (bicyclic) bond motifs is 1. The summed E-state index contributed by atoms with van der Waals surface area (Å²) < 4.78 is 0. The molecule has 19 heavy (non-hydrogen) atoms. The fraction of sp³-hybridized carbons (Fsp3) is 0.308. The first-order valence-electron chi connectivity index (χ1n) is 6.12. The fourth-order valence-electron chi connectivity index (χ4n) is 1.96. The lowest BCUT2D eigenvalue weighted by Crippen LogP contribution is -2.34. The van der Waals surface area contributed by atoms with Crippen LogP contribution in [0.1, 0.15) is 34.6 Å². The van der Waals surface area contributed by atoms with Crippen molar-refractivity contribution in [2.45, 2.75) is 13.8 Å². The van der Waals surface area contributed by atoms with Crippen molar-refractivity contribution in [2.75, 3.05) is 18.4 Å². The zero-order valence-corrected chi connectivity index (χ0v) is 10.8. The van der Waals surface area contributed by atoms with Gasteiger partial charge in [-0.3, -0.25) is 14.9 Å². The van der Waals surface area contributed by atoms with Crippen LogP contribution in [-0.4, -0.2) is 35.8 Å². The van der Waals surface area contributed by atoms with E-state index in [1.54, 1.807) is 11.0 Å². The minimum Gasteiger partial charge on any atom is -0.325 e. The van der Waals surface area contributed by atoms with Crippen LogP contribution in [0.5, 0.6) is 0 Å². The second kappa shape index (κ2) is 5.09. The van der Waals surface area contributed by atoms with Gasteiger partial charge in [-0.15, -0.1) is 0 Å². The smallest absolute Gasteiger partial charge is 0.321 e. The van der Waals surface area contributed by atoms with E-state index in [9.17, 15) is 14.4 Å². The molecule has 1 aliphatic rings. The van der Waals surface area contributed by atoms with Crippen LogP contribution in [0, 0.1) is 0 Å². The number of urea groups is 1. The van der Waals surface area contributed by atoms with Gasteiger partial charge in [0.2, 0.25) is 0 Å². The molecule has 0 aliphatic carbocycles. The predicted molar refractivity (Wildman–Crippen MR) is 70.2 cm³/mol. The Morgan fingerprint density at radius 2 is 1.79 bits per heavy atom. The number of hydrogen-bond acceptors (Lipinski definition) is 3. The van der Waals surface area contributed by atoms with E-state index >= 15 is 0 Å². The lowest BCUT2D eigenvalue weighted by Gasteiger charge is -2.19. The van der Waals surface area contributed by atoms with Crippen molar-refractivity contribution in [3.05, 3.63) is 29.3 Å². The van der Waals surface area contributed by atoms with Gasteiger partial charge >= 0.3 is 6.03 Å². The van der Waals surface area contributed by atoms with Crippen molar-refractivity contribution in [2.24, 2.45) is 0 Å². The Balaban J connectivity index is 2.20. The molecule has 0 fully saturated rings. The van der Waals surface area contributed by atoms with Crippen LogP contribution in [0.15, 0.2) is 18.2 Å². The molecule has 0 radical (unpaired) electrons. The summed E-state index contributed by atoms with van der Waals surface area (Å²) in [6.45, 7) is 4.98. The van der Waals surface area contributed by atoms with Crippen molar-refractivity contribution >= 4 is 23.5 Å². The molecule has 6 nitrogen and oxygen atoms in total. The number of amides is 4. The Bertz CT molecular complexity index is 550. The summed E-state index contributed by atoms with van der Waals surface area (Å²) in [5.74, 6) is -0.833. The molecule has 2 N–H and O–H groups in total. The van der Waals surface area contributed by atoms with E-state index in [2.05, 4.69) is 10.6 Å². The molecule has 6 heteroatoms. The largest absolute Gasteiger partial charge is 0.325 e. The highest BCUT2D eigenvalue weighted by Gasteiger charge is 2.26. The number of carbonyl (C=O) groups is 3. The highest BCUT2D eigenvalue weighted by Crippen LogP contribution is 2.20. The molecule has 0 saturated carbocycles. The minimum atomic E-state index is -0.432. The second-order valence-electron chi connectivity index (χ2n) is 4.15. The van der Waals surface area contributed by atoms with Crippen molar-refractivity contribution < 1.29 is 14.4 Å². The minimum absolute atomic E-state index is 0.227. The van der Waals surface area contributed by atoms with E-state index in [0.29, 0.717) is 29.9 Å². The molecular formula is C13H15N3O3. The number of imide groups is 1. The number of nitrogens with one attached hydrogen (secondary N) is 2. The average molecular weight is 261 g/mol. The summed E-state index contributed by atoms with van der Waals surface area (Å²) in [5.41, 5.74) is 1.13. The summed E-state index contributed by atoms with van der Waals surface area (Å²) in [4.78, 5) is 36.4. The van der Waals surface area contributed by atoms with Gasteiger partial charge in [0.15, 0.2) is 0 Å². The molecule has 1 aromatic rings. The van der Waals surface area contributed by atoms with Crippen LogP contribution in [0.2, 0.25) is 0 Å². The van der Waals surface area contributed by atoms with Gasteiger partial charge in [0.1, 0.15) is 0 Å². The van der Waals surface area contributed by atoms with Crippen LogP contribution in [0.3, 0.4) is 0 Å². The molecule has 0 unspecified atom stereocenters. The van der Waals surface area contributed by atoms with Gasteiger partial charge in [0, 0.05) is 18.8 Å². The quantitative estimate of drug-likeness (QED) is 0.808. The van der Waals surface area contributed by atoms with Gasteiger partial charge in [-0.05, 0) is 32.0 Å². The lowest BCUT2D eigenvalue weighted by molar-refractivity contribution is 0.0879. The normalized spacial score (nSPS) is 12.9. The maximum absolute atomic E-state index is 11.9. The van der Waals surface area contributed by atoms with Crippen LogP contribution in [0.4, 0.5) is 10.5 Å².